The molecule has 0 fully saturated rings. The summed E-state index contributed by atoms with van der Waals surface area (Å²) < 4.78 is 0. The van der Waals surface area contributed by atoms with Gasteiger partial charge in [-0.05, 0) is 11.6 Å². The van der Waals surface area contributed by atoms with Gasteiger partial charge in [-0.3, -0.25) is 19.2 Å². The summed E-state index contributed by atoms with van der Waals surface area (Å²) in [5.41, 5.74) is 6.57. The van der Waals surface area contributed by atoms with Gasteiger partial charge < -0.3 is 42.0 Å². The smallest absolute Gasteiger partial charge is 0.326 e. The minimum Gasteiger partial charge on any atom is -0.481 e. The van der Waals surface area contributed by atoms with Gasteiger partial charge in [0.15, 0.2) is 0 Å². The fourth-order valence-corrected chi connectivity index (χ4v) is 3.10. The average Bonchev–Trinajstić information content (AvgIpc) is 3.18. The van der Waals surface area contributed by atoms with Crippen molar-refractivity contribution in [2.75, 3.05) is 13.2 Å². The van der Waals surface area contributed by atoms with Crippen LogP contribution in [0.15, 0.2) is 30.5 Å². The number of fused-ring (bicyclic) bond motifs is 1. The molecule has 0 radical (unpaired) electrons. The molecular weight excluding hydrogens is 438 g/mol. The standard InChI is InChI=1S/C20H25N5O8/c21-7-16(27)23-15(9-26)19(31)24-13(18(30)25-14(20(32)33)6-17(28)29)5-10-8-22-12-4-2-1-3-11(10)12/h1-4,8,13-15,22,26H,5-7,9,21H2,(H,23,27)(H,24,31)(H,25,30)(H,28,29)(H,32,33)/t13-,14-,15-/m0/s1. The summed E-state index contributed by atoms with van der Waals surface area (Å²) in [6, 6.07) is 2.65. The van der Waals surface area contributed by atoms with E-state index in [1.54, 1.807) is 30.5 Å². The number of aliphatic carboxylic acids is 2. The zero-order chi connectivity index (χ0) is 24.5. The maximum atomic E-state index is 12.9. The number of carbonyl (C=O) groups excluding carboxylic acids is 3. The summed E-state index contributed by atoms with van der Waals surface area (Å²) in [5, 5.41) is 35.0. The Morgan fingerprint density at radius 2 is 1.58 bits per heavy atom. The molecule has 9 N–H and O–H groups in total. The van der Waals surface area contributed by atoms with Gasteiger partial charge >= 0.3 is 11.9 Å². The predicted molar refractivity (Wildman–Crippen MR) is 114 cm³/mol. The number of hydrogen-bond acceptors (Lipinski definition) is 7. The van der Waals surface area contributed by atoms with Crippen LogP contribution in [0.5, 0.6) is 0 Å². The molecule has 33 heavy (non-hydrogen) atoms. The Morgan fingerprint density at radius 1 is 0.939 bits per heavy atom. The molecule has 1 aromatic heterocycles. The molecule has 3 amide bonds. The topological polar surface area (TPSA) is 224 Å². The Hall–Kier alpha value is -3.97. The van der Waals surface area contributed by atoms with Crippen molar-refractivity contribution < 1.29 is 39.3 Å². The Morgan fingerprint density at radius 3 is 2.18 bits per heavy atom. The number of aliphatic hydroxyl groups is 1. The number of aromatic amines is 1. The summed E-state index contributed by atoms with van der Waals surface area (Å²) in [6.07, 6.45) is 0.646. The van der Waals surface area contributed by atoms with E-state index >= 15 is 0 Å². The van der Waals surface area contributed by atoms with Crippen molar-refractivity contribution in [3.8, 4) is 0 Å². The summed E-state index contributed by atoms with van der Waals surface area (Å²) in [7, 11) is 0. The van der Waals surface area contributed by atoms with E-state index in [0.717, 1.165) is 10.9 Å². The number of carbonyl (C=O) groups is 5. The van der Waals surface area contributed by atoms with Crippen molar-refractivity contribution >= 4 is 40.6 Å². The second-order valence-electron chi connectivity index (χ2n) is 7.13. The first-order chi connectivity index (χ1) is 15.7. The molecule has 0 aliphatic rings. The largest absolute Gasteiger partial charge is 0.481 e. The van der Waals surface area contributed by atoms with Crippen molar-refractivity contribution in [1.82, 2.24) is 20.9 Å². The van der Waals surface area contributed by atoms with Gasteiger partial charge in [0.1, 0.15) is 18.1 Å². The molecule has 0 aliphatic heterocycles. The fourth-order valence-electron chi connectivity index (χ4n) is 3.10. The molecule has 0 saturated heterocycles. The number of carboxylic acid groups (broad SMARTS) is 2. The Bertz CT molecular complexity index is 1040. The average molecular weight is 463 g/mol. The minimum atomic E-state index is -1.73. The number of nitrogens with two attached hydrogens (primary N) is 1. The second-order valence-corrected chi connectivity index (χ2v) is 7.13. The van der Waals surface area contributed by atoms with Crippen LogP contribution in [0.4, 0.5) is 0 Å². The zero-order valence-electron chi connectivity index (χ0n) is 17.4. The van der Waals surface area contributed by atoms with Gasteiger partial charge in [0.25, 0.3) is 0 Å². The first-order valence-corrected chi connectivity index (χ1v) is 9.86. The number of rotatable bonds is 12. The number of para-hydroxylation sites is 1. The molecule has 0 unspecified atom stereocenters. The third-order valence-corrected chi connectivity index (χ3v) is 4.74. The molecule has 0 saturated carbocycles. The Balaban J connectivity index is 2.29. The molecule has 3 atom stereocenters. The van der Waals surface area contributed by atoms with Gasteiger partial charge in [0.05, 0.1) is 19.6 Å². The highest BCUT2D eigenvalue weighted by molar-refractivity contribution is 5.95. The molecular formula is C20H25N5O8. The Kier molecular flexibility index (Phi) is 8.89. The summed E-state index contributed by atoms with van der Waals surface area (Å²) in [6.45, 7) is -1.21. The van der Waals surface area contributed by atoms with Gasteiger partial charge in [-0.25, -0.2) is 4.79 Å². The van der Waals surface area contributed by atoms with Crippen LogP contribution in [0.25, 0.3) is 10.9 Å². The third-order valence-electron chi connectivity index (χ3n) is 4.74. The maximum absolute atomic E-state index is 12.9. The number of benzene rings is 1. The van der Waals surface area contributed by atoms with Crippen LogP contribution in [0.2, 0.25) is 0 Å². The lowest BCUT2D eigenvalue weighted by atomic mass is 10.0. The van der Waals surface area contributed by atoms with Crippen LogP contribution in [-0.4, -0.2) is 81.2 Å². The number of amides is 3. The molecule has 0 aliphatic carbocycles. The fraction of sp³-hybridized carbons (Fsp3) is 0.350. The number of aromatic nitrogens is 1. The highest BCUT2D eigenvalue weighted by Gasteiger charge is 2.31. The van der Waals surface area contributed by atoms with E-state index in [0.29, 0.717) is 5.56 Å². The lowest BCUT2D eigenvalue weighted by molar-refractivity contribution is -0.147. The van der Waals surface area contributed by atoms with Crippen LogP contribution in [0, 0.1) is 0 Å². The van der Waals surface area contributed by atoms with Crippen molar-refractivity contribution in [3.05, 3.63) is 36.0 Å². The number of aliphatic hydroxyl groups excluding tert-OH is 1. The molecule has 0 bridgehead atoms. The summed E-state index contributed by atoms with van der Waals surface area (Å²) in [5.74, 6) is -5.58. The number of hydrogen-bond donors (Lipinski definition) is 8. The second kappa shape index (κ2) is 11.6. The van der Waals surface area contributed by atoms with E-state index in [-0.39, 0.29) is 6.42 Å². The zero-order valence-corrected chi connectivity index (χ0v) is 17.4. The normalized spacial score (nSPS) is 13.5. The van der Waals surface area contributed by atoms with Crippen LogP contribution in [-0.2, 0) is 30.4 Å². The quantitative estimate of drug-likeness (QED) is 0.169. The summed E-state index contributed by atoms with van der Waals surface area (Å²) in [4.78, 5) is 62.3. The summed E-state index contributed by atoms with van der Waals surface area (Å²) >= 11 is 0. The number of H-pyrrole nitrogens is 1. The van der Waals surface area contributed by atoms with Crippen molar-refractivity contribution in [3.63, 3.8) is 0 Å². The van der Waals surface area contributed by atoms with E-state index < -0.39 is 67.4 Å². The highest BCUT2D eigenvalue weighted by Crippen LogP contribution is 2.19. The van der Waals surface area contributed by atoms with E-state index in [4.69, 9.17) is 10.8 Å². The monoisotopic (exact) mass is 463 g/mol. The SMILES string of the molecule is NCC(=O)N[C@@H](CO)C(=O)N[C@@H](Cc1c[nH]c2ccccc12)C(=O)N[C@@H](CC(=O)O)C(=O)O. The maximum Gasteiger partial charge on any atom is 0.326 e. The van der Waals surface area contributed by atoms with E-state index in [1.807, 2.05) is 0 Å². The van der Waals surface area contributed by atoms with Gasteiger partial charge in [-0.2, -0.15) is 0 Å². The molecule has 13 nitrogen and oxygen atoms in total. The van der Waals surface area contributed by atoms with E-state index in [9.17, 15) is 34.2 Å². The molecule has 0 spiro atoms. The van der Waals surface area contributed by atoms with Crippen molar-refractivity contribution in [1.29, 1.82) is 0 Å². The molecule has 1 heterocycles. The lowest BCUT2D eigenvalue weighted by Crippen LogP contribution is -2.57. The highest BCUT2D eigenvalue weighted by atomic mass is 16.4. The van der Waals surface area contributed by atoms with Crippen molar-refractivity contribution in [2.24, 2.45) is 5.73 Å². The van der Waals surface area contributed by atoms with Crippen LogP contribution >= 0.6 is 0 Å². The lowest BCUT2D eigenvalue weighted by Gasteiger charge is -2.23. The number of carboxylic acids is 2. The molecule has 13 heteroatoms. The molecule has 2 rings (SSSR count). The van der Waals surface area contributed by atoms with Gasteiger partial charge in [0, 0.05) is 23.5 Å². The predicted octanol–water partition coefficient (Wildman–Crippen LogP) is -2.32. The van der Waals surface area contributed by atoms with E-state index in [1.165, 1.54) is 0 Å². The van der Waals surface area contributed by atoms with Crippen LogP contribution < -0.4 is 21.7 Å². The van der Waals surface area contributed by atoms with Crippen LogP contribution in [0.1, 0.15) is 12.0 Å². The molecule has 2 aromatic rings. The minimum absolute atomic E-state index is 0.0933. The third kappa shape index (κ3) is 7.02. The van der Waals surface area contributed by atoms with Gasteiger partial charge in [0.2, 0.25) is 17.7 Å². The van der Waals surface area contributed by atoms with Gasteiger partial charge in [-0.1, -0.05) is 18.2 Å². The van der Waals surface area contributed by atoms with Crippen molar-refractivity contribution in [2.45, 2.75) is 31.0 Å². The number of nitrogens with one attached hydrogen (secondary N) is 4. The Labute approximate surface area is 187 Å². The molecule has 1 aromatic carbocycles. The first kappa shape index (κ1) is 25.3. The van der Waals surface area contributed by atoms with Gasteiger partial charge in [-0.15, -0.1) is 0 Å². The molecule has 178 valence electrons. The van der Waals surface area contributed by atoms with E-state index in [2.05, 4.69) is 20.9 Å². The van der Waals surface area contributed by atoms with Crippen LogP contribution in [0.3, 0.4) is 0 Å². The first-order valence-electron chi connectivity index (χ1n) is 9.86.